The van der Waals surface area contributed by atoms with Gasteiger partial charge in [-0.2, -0.15) is 0 Å². The monoisotopic (exact) mass is 539 g/mol. The minimum atomic E-state index is -0.885. The van der Waals surface area contributed by atoms with Gasteiger partial charge in [-0.05, 0) is 60.9 Å². The molecule has 1 fully saturated rings. The Bertz CT molecular complexity index is 1600. The molecule has 3 aromatic carbocycles. The average Bonchev–Trinajstić information content (AvgIpc) is 3.62. The molecule has 4 aromatic rings. The number of aliphatic hydroxyl groups is 1. The number of hydrogen-bond acceptors (Lipinski definition) is 8. The molecule has 0 radical (unpaired) electrons. The van der Waals surface area contributed by atoms with Crippen molar-refractivity contribution >= 4 is 33.9 Å². The maximum absolute atomic E-state index is 13.4. The van der Waals surface area contributed by atoms with E-state index in [2.05, 4.69) is 10.2 Å². The molecular weight excluding hydrogens is 514 g/mol. The predicted molar refractivity (Wildman–Crippen MR) is 147 cm³/mol. The molecule has 2 aliphatic heterocycles. The average molecular weight is 540 g/mol. The minimum absolute atomic E-state index is 0.00211. The molecule has 0 spiro atoms. The number of anilines is 1. The van der Waals surface area contributed by atoms with E-state index in [4.69, 9.17) is 9.47 Å². The molecular formula is C30H25N3O5S. The van der Waals surface area contributed by atoms with Gasteiger partial charge in [0.1, 0.15) is 35.0 Å². The van der Waals surface area contributed by atoms with Crippen LogP contribution in [0.5, 0.6) is 11.5 Å². The van der Waals surface area contributed by atoms with Crippen LogP contribution in [0.4, 0.5) is 5.13 Å². The molecule has 1 aromatic heterocycles. The number of aliphatic hydroxyl groups excluding tert-OH is 1. The number of rotatable bonds is 6. The van der Waals surface area contributed by atoms with Gasteiger partial charge in [-0.25, -0.2) is 0 Å². The Kier molecular flexibility index (Phi) is 6.36. The van der Waals surface area contributed by atoms with Gasteiger partial charge >= 0.3 is 5.91 Å². The first-order valence-corrected chi connectivity index (χ1v) is 13.4. The van der Waals surface area contributed by atoms with Gasteiger partial charge < -0.3 is 14.6 Å². The van der Waals surface area contributed by atoms with Crippen molar-refractivity contribution in [2.24, 2.45) is 0 Å². The third-order valence-electron chi connectivity index (χ3n) is 6.78. The summed E-state index contributed by atoms with van der Waals surface area (Å²) in [4.78, 5) is 28.0. The number of carbonyl (C=O) groups excluding carboxylic acids is 2. The van der Waals surface area contributed by atoms with Crippen LogP contribution in [-0.2, 0) is 22.6 Å². The Hall–Kier alpha value is -4.50. The van der Waals surface area contributed by atoms with Crippen molar-refractivity contribution in [3.63, 3.8) is 0 Å². The van der Waals surface area contributed by atoms with Crippen LogP contribution in [-0.4, -0.2) is 33.1 Å². The maximum atomic E-state index is 13.4. The number of ether oxygens (including phenoxy) is 2. The molecule has 1 N–H and O–H groups in total. The quantitative estimate of drug-likeness (QED) is 0.200. The van der Waals surface area contributed by atoms with Crippen LogP contribution in [0, 0.1) is 6.92 Å². The highest BCUT2D eigenvalue weighted by molar-refractivity contribution is 7.15. The molecule has 2 aliphatic rings. The van der Waals surface area contributed by atoms with E-state index in [1.165, 1.54) is 16.2 Å². The van der Waals surface area contributed by atoms with E-state index in [1.807, 2.05) is 43.3 Å². The Morgan fingerprint density at radius 2 is 1.85 bits per heavy atom. The van der Waals surface area contributed by atoms with Crippen molar-refractivity contribution in [1.29, 1.82) is 0 Å². The first kappa shape index (κ1) is 24.8. The Morgan fingerprint density at radius 1 is 1.08 bits per heavy atom. The second kappa shape index (κ2) is 9.99. The highest BCUT2D eigenvalue weighted by Gasteiger charge is 2.48. The minimum Gasteiger partial charge on any atom is -0.507 e. The van der Waals surface area contributed by atoms with Crippen molar-refractivity contribution in [3.05, 3.63) is 106 Å². The third-order valence-corrected chi connectivity index (χ3v) is 7.62. The summed E-state index contributed by atoms with van der Waals surface area (Å²) >= 11 is 1.21. The van der Waals surface area contributed by atoms with E-state index in [0.29, 0.717) is 40.0 Å². The van der Waals surface area contributed by atoms with Crippen LogP contribution in [0.1, 0.15) is 40.2 Å². The first-order valence-electron chi connectivity index (χ1n) is 12.6. The van der Waals surface area contributed by atoms with Crippen molar-refractivity contribution in [2.45, 2.75) is 39.0 Å². The third kappa shape index (κ3) is 4.66. The normalized spacial score (nSPS) is 19.7. The Balaban J connectivity index is 1.39. The standard InChI is InChI=1S/C30H25N3O5S/c1-17-14-22-15-21(10-13-24(22)38-17)27(34)25-26(33(29(36)28(25)35)30-32-31-18(2)39-30)20-8-11-23(12-9-20)37-16-19-6-4-3-5-7-19/h3-13,15,17,26,34H,14,16H2,1-2H3/t17-,26+/m0/s1. The summed E-state index contributed by atoms with van der Waals surface area (Å²) in [6.45, 7) is 4.16. The number of benzene rings is 3. The largest absolute Gasteiger partial charge is 0.507 e. The van der Waals surface area contributed by atoms with Gasteiger partial charge in [0.25, 0.3) is 5.78 Å². The van der Waals surface area contributed by atoms with Gasteiger partial charge in [0.15, 0.2) is 0 Å². The molecule has 3 heterocycles. The van der Waals surface area contributed by atoms with E-state index in [0.717, 1.165) is 16.9 Å². The molecule has 0 saturated carbocycles. The van der Waals surface area contributed by atoms with Gasteiger partial charge in [-0.1, -0.05) is 53.8 Å². The van der Waals surface area contributed by atoms with Crippen LogP contribution >= 0.6 is 11.3 Å². The number of nitrogens with zero attached hydrogens (tertiary/aromatic N) is 3. The van der Waals surface area contributed by atoms with Gasteiger partial charge in [0.05, 0.1) is 11.6 Å². The molecule has 0 unspecified atom stereocenters. The highest BCUT2D eigenvalue weighted by Crippen LogP contribution is 2.44. The van der Waals surface area contributed by atoms with Gasteiger partial charge in [0, 0.05) is 12.0 Å². The summed E-state index contributed by atoms with van der Waals surface area (Å²) in [5, 5.41) is 20.6. The van der Waals surface area contributed by atoms with Crippen LogP contribution in [0.15, 0.2) is 78.4 Å². The summed E-state index contributed by atoms with van der Waals surface area (Å²) < 4.78 is 11.7. The molecule has 6 rings (SSSR count). The lowest BCUT2D eigenvalue weighted by molar-refractivity contribution is -0.132. The predicted octanol–water partition coefficient (Wildman–Crippen LogP) is 5.38. The molecule has 1 saturated heterocycles. The van der Waals surface area contributed by atoms with E-state index < -0.39 is 17.7 Å². The fourth-order valence-electron chi connectivity index (χ4n) is 4.94. The number of aromatic nitrogens is 2. The number of aryl methyl sites for hydroxylation is 1. The second-order valence-electron chi connectivity index (χ2n) is 9.57. The lowest BCUT2D eigenvalue weighted by Gasteiger charge is -2.22. The molecule has 1 amide bonds. The highest BCUT2D eigenvalue weighted by atomic mass is 32.1. The number of ketones is 1. The van der Waals surface area contributed by atoms with Gasteiger partial charge in [-0.3, -0.25) is 14.5 Å². The SMILES string of the molecule is Cc1nnc(N2C(=O)C(=O)C(=C(O)c3ccc4c(c3)C[C@H](C)O4)[C@H]2c2ccc(OCc3ccccc3)cc2)s1. The molecule has 8 nitrogen and oxygen atoms in total. The molecule has 2 atom stereocenters. The fourth-order valence-corrected chi connectivity index (χ4v) is 5.65. The van der Waals surface area contributed by atoms with Crippen molar-refractivity contribution in [3.8, 4) is 11.5 Å². The number of Topliss-reactive ketones (excluding diaryl/α,β-unsaturated/α-hetero) is 1. The van der Waals surface area contributed by atoms with Gasteiger partial charge in [0.2, 0.25) is 5.13 Å². The second-order valence-corrected chi connectivity index (χ2v) is 10.7. The summed E-state index contributed by atoms with van der Waals surface area (Å²) in [6, 6.07) is 21.4. The zero-order chi connectivity index (χ0) is 27.1. The van der Waals surface area contributed by atoms with E-state index in [1.54, 1.807) is 43.3 Å². The number of amides is 1. The van der Waals surface area contributed by atoms with Crippen molar-refractivity contribution < 1.29 is 24.2 Å². The Labute approximate surface area is 229 Å². The maximum Gasteiger partial charge on any atom is 0.301 e. The lowest BCUT2D eigenvalue weighted by atomic mass is 9.94. The molecule has 9 heteroatoms. The Morgan fingerprint density at radius 3 is 2.56 bits per heavy atom. The number of fused-ring (bicyclic) bond motifs is 1. The first-order chi connectivity index (χ1) is 18.9. The van der Waals surface area contributed by atoms with Crippen LogP contribution < -0.4 is 14.4 Å². The molecule has 0 bridgehead atoms. The number of hydrogen-bond donors (Lipinski definition) is 1. The van der Waals surface area contributed by atoms with E-state index >= 15 is 0 Å². The fraction of sp³-hybridized carbons (Fsp3) is 0.200. The zero-order valence-corrected chi connectivity index (χ0v) is 22.1. The smallest absolute Gasteiger partial charge is 0.301 e. The van der Waals surface area contributed by atoms with Crippen molar-refractivity contribution in [1.82, 2.24) is 10.2 Å². The molecule has 196 valence electrons. The summed E-state index contributed by atoms with van der Waals surface area (Å²) in [6.07, 6.45) is 0.731. The number of carbonyl (C=O) groups is 2. The van der Waals surface area contributed by atoms with Crippen molar-refractivity contribution in [2.75, 3.05) is 4.90 Å². The zero-order valence-electron chi connectivity index (χ0n) is 21.3. The van der Waals surface area contributed by atoms with Crippen LogP contribution in [0.25, 0.3) is 5.76 Å². The summed E-state index contributed by atoms with van der Waals surface area (Å²) in [5.41, 5.74) is 3.06. The molecule has 39 heavy (non-hydrogen) atoms. The summed E-state index contributed by atoms with van der Waals surface area (Å²) in [7, 11) is 0. The molecule has 0 aliphatic carbocycles. The topological polar surface area (TPSA) is 102 Å². The van der Waals surface area contributed by atoms with Gasteiger partial charge in [-0.15, -0.1) is 10.2 Å². The van der Waals surface area contributed by atoms with E-state index in [9.17, 15) is 14.7 Å². The lowest BCUT2D eigenvalue weighted by Crippen LogP contribution is -2.29. The van der Waals surface area contributed by atoms with Crippen LogP contribution in [0.2, 0.25) is 0 Å². The van der Waals surface area contributed by atoms with Crippen LogP contribution in [0.3, 0.4) is 0 Å². The summed E-state index contributed by atoms with van der Waals surface area (Å²) in [5.74, 6) is -0.389. The van der Waals surface area contributed by atoms with E-state index in [-0.39, 0.29) is 17.4 Å².